The fourth-order valence-corrected chi connectivity index (χ4v) is 1.93. The first-order valence-electron chi connectivity index (χ1n) is 5.95. The van der Waals surface area contributed by atoms with Gasteiger partial charge in [-0.1, -0.05) is 6.92 Å². The van der Waals surface area contributed by atoms with Crippen LogP contribution < -0.4 is 10.6 Å². The Hall–Kier alpha value is -0.610. The molecule has 88 valence electrons. The normalized spacial score (nSPS) is 23.5. The maximum Gasteiger partial charge on any atom is 0.241 e. The monoisotopic (exact) mass is 213 g/mol. The molecule has 4 heteroatoms. The minimum Gasteiger partial charge on any atom is -0.339 e. The molecular formula is C11H23N3O. The van der Waals surface area contributed by atoms with Crippen molar-refractivity contribution in [2.45, 2.75) is 39.3 Å². The molecule has 2 N–H and O–H groups in total. The Bertz CT molecular complexity index is 202. The van der Waals surface area contributed by atoms with Gasteiger partial charge in [-0.25, -0.2) is 0 Å². The van der Waals surface area contributed by atoms with E-state index in [1.54, 1.807) is 0 Å². The Kier molecular flexibility index (Phi) is 5.05. The third kappa shape index (κ3) is 3.18. The lowest BCUT2D eigenvalue weighted by atomic mass is 10.1. The number of rotatable bonds is 4. The van der Waals surface area contributed by atoms with E-state index in [4.69, 9.17) is 0 Å². The largest absolute Gasteiger partial charge is 0.339 e. The number of nitrogens with one attached hydrogen (secondary N) is 2. The van der Waals surface area contributed by atoms with Crippen LogP contribution in [0.15, 0.2) is 0 Å². The Morgan fingerprint density at radius 2 is 2.20 bits per heavy atom. The van der Waals surface area contributed by atoms with Crippen molar-refractivity contribution in [3.05, 3.63) is 0 Å². The van der Waals surface area contributed by atoms with Crippen molar-refractivity contribution in [2.75, 3.05) is 26.2 Å². The average molecular weight is 213 g/mol. The van der Waals surface area contributed by atoms with Crippen LogP contribution in [-0.2, 0) is 4.79 Å². The lowest BCUT2D eigenvalue weighted by Crippen LogP contribution is -2.57. The second-order valence-corrected chi connectivity index (χ2v) is 4.09. The zero-order valence-electron chi connectivity index (χ0n) is 10.0. The molecule has 0 aliphatic carbocycles. The Morgan fingerprint density at radius 3 is 2.67 bits per heavy atom. The van der Waals surface area contributed by atoms with E-state index in [0.717, 1.165) is 32.6 Å². The third-order valence-electron chi connectivity index (χ3n) is 3.09. The third-order valence-corrected chi connectivity index (χ3v) is 3.09. The Balaban J connectivity index is 2.54. The van der Waals surface area contributed by atoms with Gasteiger partial charge in [0.15, 0.2) is 0 Å². The molecule has 2 unspecified atom stereocenters. The van der Waals surface area contributed by atoms with Gasteiger partial charge in [0.05, 0.1) is 6.04 Å². The molecule has 0 radical (unpaired) electrons. The highest BCUT2D eigenvalue weighted by atomic mass is 16.2. The van der Waals surface area contributed by atoms with Gasteiger partial charge in [-0.05, 0) is 20.3 Å². The van der Waals surface area contributed by atoms with Crippen LogP contribution in [0.2, 0.25) is 0 Å². The van der Waals surface area contributed by atoms with Gasteiger partial charge in [0.1, 0.15) is 0 Å². The second-order valence-electron chi connectivity index (χ2n) is 4.09. The van der Waals surface area contributed by atoms with Crippen LogP contribution in [0.5, 0.6) is 0 Å². The average Bonchev–Trinajstić information content (AvgIpc) is 2.30. The molecule has 15 heavy (non-hydrogen) atoms. The predicted molar refractivity (Wildman–Crippen MR) is 61.8 cm³/mol. The fraction of sp³-hybridized carbons (Fsp3) is 0.909. The molecule has 1 amide bonds. The summed E-state index contributed by atoms with van der Waals surface area (Å²) in [5, 5.41) is 6.50. The summed E-state index contributed by atoms with van der Waals surface area (Å²) in [7, 11) is 0. The van der Waals surface area contributed by atoms with Crippen molar-refractivity contribution in [1.82, 2.24) is 15.5 Å². The highest BCUT2D eigenvalue weighted by Crippen LogP contribution is 2.06. The summed E-state index contributed by atoms with van der Waals surface area (Å²) >= 11 is 0. The summed E-state index contributed by atoms with van der Waals surface area (Å²) in [6, 6.07) is 0.305. The molecular weight excluding hydrogens is 190 g/mol. The number of hydrogen-bond donors (Lipinski definition) is 2. The molecule has 0 spiro atoms. The molecule has 1 rings (SSSR count). The van der Waals surface area contributed by atoms with Crippen molar-refractivity contribution in [3.8, 4) is 0 Å². The smallest absolute Gasteiger partial charge is 0.241 e. The number of hydrogen-bond acceptors (Lipinski definition) is 3. The van der Waals surface area contributed by atoms with Gasteiger partial charge in [-0.3, -0.25) is 4.79 Å². The topological polar surface area (TPSA) is 44.4 Å². The van der Waals surface area contributed by atoms with Crippen LogP contribution >= 0.6 is 0 Å². The van der Waals surface area contributed by atoms with Crippen LogP contribution in [-0.4, -0.2) is 49.1 Å². The van der Waals surface area contributed by atoms with E-state index in [1.165, 1.54) is 0 Å². The van der Waals surface area contributed by atoms with Crippen molar-refractivity contribution < 1.29 is 4.79 Å². The standard InChI is InChI=1S/C11H23N3O/c1-4-9(3)14(5-2)11(15)10-8-12-6-7-13-10/h9-10,12-13H,4-8H2,1-3H3. The van der Waals surface area contributed by atoms with Gasteiger partial charge in [0.25, 0.3) is 0 Å². The minimum atomic E-state index is -0.0345. The number of carbonyl (C=O) groups excluding carboxylic acids is 1. The molecule has 2 atom stereocenters. The SMILES string of the molecule is CCC(C)N(CC)C(=O)C1CNCCN1. The van der Waals surface area contributed by atoms with E-state index in [-0.39, 0.29) is 11.9 Å². The van der Waals surface area contributed by atoms with Gasteiger partial charge in [0.2, 0.25) is 5.91 Å². The molecule has 1 fully saturated rings. The van der Waals surface area contributed by atoms with Crippen molar-refractivity contribution >= 4 is 5.91 Å². The van der Waals surface area contributed by atoms with Gasteiger partial charge < -0.3 is 15.5 Å². The van der Waals surface area contributed by atoms with Gasteiger partial charge in [-0.2, -0.15) is 0 Å². The highest BCUT2D eigenvalue weighted by Gasteiger charge is 2.26. The highest BCUT2D eigenvalue weighted by molar-refractivity contribution is 5.82. The number of carbonyl (C=O) groups is 1. The van der Waals surface area contributed by atoms with E-state index in [2.05, 4.69) is 24.5 Å². The van der Waals surface area contributed by atoms with Gasteiger partial charge in [-0.15, -0.1) is 0 Å². The first kappa shape index (κ1) is 12.5. The van der Waals surface area contributed by atoms with Crippen LogP contribution in [0.1, 0.15) is 27.2 Å². The molecule has 0 aromatic carbocycles. The van der Waals surface area contributed by atoms with E-state index in [0.29, 0.717) is 6.04 Å². The van der Waals surface area contributed by atoms with E-state index in [9.17, 15) is 4.79 Å². The zero-order valence-corrected chi connectivity index (χ0v) is 10.0. The maximum absolute atomic E-state index is 12.2. The van der Waals surface area contributed by atoms with Crippen LogP contribution in [0.3, 0.4) is 0 Å². The number of amides is 1. The summed E-state index contributed by atoms with van der Waals surface area (Å²) in [5.74, 6) is 0.235. The molecule has 1 saturated heterocycles. The fourth-order valence-electron chi connectivity index (χ4n) is 1.93. The summed E-state index contributed by atoms with van der Waals surface area (Å²) in [4.78, 5) is 14.1. The van der Waals surface area contributed by atoms with Crippen molar-refractivity contribution in [3.63, 3.8) is 0 Å². The van der Waals surface area contributed by atoms with Crippen LogP contribution in [0.25, 0.3) is 0 Å². The van der Waals surface area contributed by atoms with Crippen molar-refractivity contribution in [2.24, 2.45) is 0 Å². The first-order chi connectivity index (χ1) is 7.20. The number of piperazine rings is 1. The van der Waals surface area contributed by atoms with Gasteiger partial charge >= 0.3 is 0 Å². The van der Waals surface area contributed by atoms with Crippen LogP contribution in [0.4, 0.5) is 0 Å². The Labute approximate surface area is 92.4 Å². The van der Waals surface area contributed by atoms with E-state index in [1.807, 2.05) is 11.8 Å². The summed E-state index contributed by atoms with van der Waals surface area (Å²) in [6.07, 6.45) is 1.01. The van der Waals surface area contributed by atoms with Crippen LogP contribution in [0, 0.1) is 0 Å². The summed E-state index contributed by atoms with van der Waals surface area (Å²) in [5.41, 5.74) is 0. The summed E-state index contributed by atoms with van der Waals surface area (Å²) in [6.45, 7) is 9.66. The molecule has 0 bridgehead atoms. The lowest BCUT2D eigenvalue weighted by Gasteiger charge is -2.33. The molecule has 0 aromatic rings. The maximum atomic E-state index is 12.2. The van der Waals surface area contributed by atoms with E-state index >= 15 is 0 Å². The Morgan fingerprint density at radius 1 is 1.47 bits per heavy atom. The zero-order chi connectivity index (χ0) is 11.3. The number of likely N-dealkylation sites (N-methyl/N-ethyl adjacent to an activating group) is 1. The molecule has 1 heterocycles. The quantitative estimate of drug-likeness (QED) is 0.701. The van der Waals surface area contributed by atoms with Crippen molar-refractivity contribution in [1.29, 1.82) is 0 Å². The number of nitrogens with zero attached hydrogens (tertiary/aromatic N) is 1. The minimum absolute atomic E-state index is 0.0345. The van der Waals surface area contributed by atoms with E-state index < -0.39 is 0 Å². The lowest BCUT2D eigenvalue weighted by molar-refractivity contribution is -0.135. The molecule has 0 aromatic heterocycles. The molecule has 0 saturated carbocycles. The first-order valence-corrected chi connectivity index (χ1v) is 5.95. The molecule has 1 aliphatic rings. The molecule has 4 nitrogen and oxygen atoms in total. The predicted octanol–water partition coefficient (Wildman–Crippen LogP) is 0.195. The van der Waals surface area contributed by atoms with Gasteiger partial charge in [0, 0.05) is 32.2 Å². The molecule has 1 aliphatic heterocycles. The second kappa shape index (κ2) is 6.08. The summed E-state index contributed by atoms with van der Waals surface area (Å²) < 4.78 is 0.